The highest BCUT2D eigenvalue weighted by molar-refractivity contribution is 5.34. The van der Waals surface area contributed by atoms with Gasteiger partial charge < -0.3 is 10.1 Å². The molecule has 4 heteroatoms. The molecule has 0 radical (unpaired) electrons. The third-order valence-electron chi connectivity index (χ3n) is 2.23. The molecule has 3 nitrogen and oxygen atoms in total. The van der Waals surface area contributed by atoms with Crippen molar-refractivity contribution >= 4 is 5.82 Å². The zero-order valence-electron chi connectivity index (χ0n) is 7.87. The van der Waals surface area contributed by atoms with Crippen molar-refractivity contribution in [1.82, 2.24) is 4.98 Å². The van der Waals surface area contributed by atoms with Crippen LogP contribution >= 0.6 is 0 Å². The van der Waals surface area contributed by atoms with E-state index in [2.05, 4.69) is 10.3 Å². The van der Waals surface area contributed by atoms with Gasteiger partial charge in [0.1, 0.15) is 5.82 Å². The number of hydrogen-bond acceptors (Lipinski definition) is 3. The second-order valence-corrected chi connectivity index (χ2v) is 3.40. The van der Waals surface area contributed by atoms with Crippen molar-refractivity contribution in [1.29, 1.82) is 0 Å². The van der Waals surface area contributed by atoms with Crippen LogP contribution in [0.5, 0.6) is 0 Å². The lowest BCUT2D eigenvalue weighted by Gasteiger charge is -2.23. The zero-order chi connectivity index (χ0) is 9.80. The molecule has 1 atom stereocenters. The summed E-state index contributed by atoms with van der Waals surface area (Å²) in [6, 6.07) is 5.01. The van der Waals surface area contributed by atoms with Gasteiger partial charge in [-0.05, 0) is 25.0 Å². The molecule has 0 bridgehead atoms. The number of halogens is 1. The minimum atomic E-state index is -0.452. The summed E-state index contributed by atoms with van der Waals surface area (Å²) in [4.78, 5) is 3.73. The number of nitrogens with one attached hydrogen (secondary N) is 1. The first kappa shape index (κ1) is 9.40. The second kappa shape index (κ2) is 4.37. The molecule has 0 aliphatic carbocycles. The van der Waals surface area contributed by atoms with E-state index >= 15 is 0 Å². The summed E-state index contributed by atoms with van der Waals surface area (Å²) < 4.78 is 18.0. The summed E-state index contributed by atoms with van der Waals surface area (Å²) in [5.74, 6) is 0.132. The molecule has 1 saturated heterocycles. The SMILES string of the molecule is Fc1cccc(N[C@H]2CCCOC2)n1. The average Bonchev–Trinajstić information content (AvgIpc) is 2.19. The Morgan fingerprint density at radius 1 is 1.50 bits per heavy atom. The quantitative estimate of drug-likeness (QED) is 0.732. The van der Waals surface area contributed by atoms with Gasteiger partial charge in [-0.25, -0.2) is 4.98 Å². The van der Waals surface area contributed by atoms with Gasteiger partial charge in [0, 0.05) is 6.61 Å². The number of rotatable bonds is 2. The number of ether oxygens (including phenoxy) is 1. The van der Waals surface area contributed by atoms with Gasteiger partial charge in [0.2, 0.25) is 5.95 Å². The number of nitrogens with zero attached hydrogens (tertiary/aromatic N) is 1. The topological polar surface area (TPSA) is 34.1 Å². The maximum atomic E-state index is 12.7. The smallest absolute Gasteiger partial charge is 0.214 e. The van der Waals surface area contributed by atoms with Gasteiger partial charge in [0.15, 0.2) is 0 Å². The molecule has 0 aromatic carbocycles. The Kier molecular flexibility index (Phi) is 2.93. The number of hydrogen-bond donors (Lipinski definition) is 1. The Labute approximate surface area is 82.3 Å². The molecule has 2 heterocycles. The molecule has 0 saturated carbocycles. The average molecular weight is 196 g/mol. The lowest BCUT2D eigenvalue weighted by Crippen LogP contribution is -2.30. The molecule has 0 amide bonds. The highest BCUT2D eigenvalue weighted by Gasteiger charge is 2.13. The Morgan fingerprint density at radius 2 is 2.43 bits per heavy atom. The monoisotopic (exact) mass is 196 g/mol. The zero-order valence-corrected chi connectivity index (χ0v) is 7.87. The standard InChI is InChI=1S/C10H13FN2O/c11-9-4-1-5-10(13-9)12-8-3-2-6-14-7-8/h1,4-5,8H,2-3,6-7H2,(H,12,13)/t8-/m0/s1. The van der Waals surface area contributed by atoms with E-state index < -0.39 is 5.95 Å². The van der Waals surface area contributed by atoms with E-state index in [1.54, 1.807) is 12.1 Å². The molecule has 14 heavy (non-hydrogen) atoms. The van der Waals surface area contributed by atoms with Crippen LogP contribution in [0.4, 0.5) is 10.2 Å². The minimum Gasteiger partial charge on any atom is -0.379 e. The van der Waals surface area contributed by atoms with Crippen LogP contribution in [0, 0.1) is 5.95 Å². The Morgan fingerprint density at radius 3 is 3.14 bits per heavy atom. The van der Waals surface area contributed by atoms with Crippen molar-refractivity contribution in [3.8, 4) is 0 Å². The Balaban J connectivity index is 1.95. The first-order chi connectivity index (χ1) is 6.84. The van der Waals surface area contributed by atoms with E-state index in [-0.39, 0.29) is 6.04 Å². The van der Waals surface area contributed by atoms with Crippen LogP contribution in [0.1, 0.15) is 12.8 Å². The summed E-state index contributed by atoms with van der Waals surface area (Å²) in [7, 11) is 0. The van der Waals surface area contributed by atoms with Crippen molar-refractivity contribution in [3.63, 3.8) is 0 Å². The maximum absolute atomic E-state index is 12.7. The highest BCUT2D eigenvalue weighted by atomic mass is 19.1. The van der Waals surface area contributed by atoms with Crippen molar-refractivity contribution in [2.45, 2.75) is 18.9 Å². The highest BCUT2D eigenvalue weighted by Crippen LogP contribution is 2.12. The first-order valence-corrected chi connectivity index (χ1v) is 4.81. The second-order valence-electron chi connectivity index (χ2n) is 3.40. The lowest BCUT2D eigenvalue weighted by atomic mass is 10.1. The third-order valence-corrected chi connectivity index (χ3v) is 2.23. The molecule has 2 rings (SSSR count). The van der Waals surface area contributed by atoms with Crippen LogP contribution in [0.15, 0.2) is 18.2 Å². The summed E-state index contributed by atoms with van der Waals surface area (Å²) in [6.45, 7) is 1.51. The molecular formula is C10H13FN2O. The molecule has 0 spiro atoms. The summed E-state index contributed by atoms with van der Waals surface area (Å²) in [5.41, 5.74) is 0. The van der Waals surface area contributed by atoms with Gasteiger partial charge in [-0.1, -0.05) is 6.07 Å². The molecule has 1 aliphatic rings. The lowest BCUT2D eigenvalue weighted by molar-refractivity contribution is 0.0875. The minimum absolute atomic E-state index is 0.262. The fourth-order valence-electron chi connectivity index (χ4n) is 1.55. The van der Waals surface area contributed by atoms with E-state index in [0.29, 0.717) is 12.4 Å². The van der Waals surface area contributed by atoms with Gasteiger partial charge >= 0.3 is 0 Å². The van der Waals surface area contributed by atoms with Crippen molar-refractivity contribution in [2.75, 3.05) is 18.5 Å². The van der Waals surface area contributed by atoms with Crippen LogP contribution in [-0.4, -0.2) is 24.2 Å². The maximum Gasteiger partial charge on any atom is 0.214 e. The van der Waals surface area contributed by atoms with Crippen LogP contribution < -0.4 is 5.32 Å². The van der Waals surface area contributed by atoms with Crippen LogP contribution in [0.25, 0.3) is 0 Å². The van der Waals surface area contributed by atoms with E-state index in [1.807, 2.05) is 0 Å². The molecule has 1 aromatic rings. The number of pyridine rings is 1. The normalized spacial score (nSPS) is 21.9. The molecule has 1 aromatic heterocycles. The van der Waals surface area contributed by atoms with Crippen molar-refractivity contribution in [2.24, 2.45) is 0 Å². The van der Waals surface area contributed by atoms with Gasteiger partial charge in [0.25, 0.3) is 0 Å². The van der Waals surface area contributed by atoms with E-state index in [0.717, 1.165) is 19.4 Å². The van der Waals surface area contributed by atoms with E-state index in [4.69, 9.17) is 4.74 Å². The summed E-state index contributed by atoms with van der Waals surface area (Å²) in [6.07, 6.45) is 2.10. The van der Waals surface area contributed by atoms with Crippen LogP contribution in [-0.2, 0) is 4.74 Å². The van der Waals surface area contributed by atoms with Crippen molar-refractivity contribution < 1.29 is 9.13 Å². The Bertz CT molecular complexity index is 300. The fourth-order valence-corrected chi connectivity index (χ4v) is 1.55. The summed E-state index contributed by atoms with van der Waals surface area (Å²) >= 11 is 0. The molecule has 1 aliphatic heterocycles. The van der Waals surface area contributed by atoms with Gasteiger partial charge in [-0.3, -0.25) is 0 Å². The molecule has 0 unspecified atom stereocenters. The predicted octanol–water partition coefficient (Wildman–Crippen LogP) is 1.81. The molecule has 1 N–H and O–H groups in total. The first-order valence-electron chi connectivity index (χ1n) is 4.81. The third kappa shape index (κ3) is 2.42. The molecule has 1 fully saturated rings. The van der Waals surface area contributed by atoms with Crippen molar-refractivity contribution in [3.05, 3.63) is 24.1 Å². The van der Waals surface area contributed by atoms with Gasteiger partial charge in [-0.15, -0.1) is 0 Å². The predicted molar refractivity (Wildman–Crippen MR) is 51.7 cm³/mol. The van der Waals surface area contributed by atoms with Gasteiger partial charge in [-0.2, -0.15) is 4.39 Å². The summed E-state index contributed by atoms with van der Waals surface area (Å²) in [5, 5.41) is 3.15. The van der Waals surface area contributed by atoms with Crippen LogP contribution in [0.3, 0.4) is 0 Å². The van der Waals surface area contributed by atoms with Crippen LogP contribution in [0.2, 0.25) is 0 Å². The Hall–Kier alpha value is -1.16. The fraction of sp³-hybridized carbons (Fsp3) is 0.500. The van der Waals surface area contributed by atoms with Gasteiger partial charge in [0.05, 0.1) is 12.6 Å². The van der Waals surface area contributed by atoms with E-state index in [1.165, 1.54) is 6.07 Å². The van der Waals surface area contributed by atoms with E-state index in [9.17, 15) is 4.39 Å². The largest absolute Gasteiger partial charge is 0.379 e. The number of aromatic nitrogens is 1. The molecule has 76 valence electrons. The molecular weight excluding hydrogens is 183 g/mol. The number of anilines is 1.